The van der Waals surface area contributed by atoms with Crippen LogP contribution in [0.3, 0.4) is 0 Å². The van der Waals surface area contributed by atoms with Crippen LogP contribution >= 0.6 is 0 Å². The minimum atomic E-state index is -0.475. The van der Waals surface area contributed by atoms with Crippen LogP contribution in [-0.2, 0) is 0 Å². The number of rotatable bonds is 6. The highest BCUT2D eigenvalue weighted by molar-refractivity contribution is 5.96. The van der Waals surface area contributed by atoms with Crippen LogP contribution in [0.2, 0.25) is 0 Å². The predicted octanol–water partition coefficient (Wildman–Crippen LogP) is 1.32. The Morgan fingerprint density at radius 1 is 1.38 bits per heavy atom. The highest BCUT2D eigenvalue weighted by Gasteiger charge is 2.11. The molecular weight excluding hydrogens is 209 g/mol. The summed E-state index contributed by atoms with van der Waals surface area (Å²) in [6.45, 7) is 1.10. The van der Waals surface area contributed by atoms with E-state index >= 15 is 0 Å². The zero-order chi connectivity index (χ0) is 12.0. The lowest BCUT2D eigenvalue weighted by atomic mass is 10.1. The van der Waals surface area contributed by atoms with Gasteiger partial charge in [-0.3, -0.25) is 4.79 Å². The van der Waals surface area contributed by atoms with Crippen molar-refractivity contribution >= 4 is 5.78 Å². The van der Waals surface area contributed by atoms with Crippen LogP contribution in [0, 0.1) is 5.82 Å². The molecule has 88 valence electrons. The Hall–Kier alpha value is -1.26. The van der Waals surface area contributed by atoms with Crippen LogP contribution in [-0.4, -0.2) is 42.5 Å². The maximum absolute atomic E-state index is 13.2. The van der Waals surface area contributed by atoms with Gasteiger partial charge >= 0.3 is 0 Å². The summed E-state index contributed by atoms with van der Waals surface area (Å²) in [6, 6.07) is 5.98. The summed E-state index contributed by atoms with van der Waals surface area (Å²) in [5.74, 6) is -0.680. The summed E-state index contributed by atoms with van der Waals surface area (Å²) in [5, 5.41) is 8.68. The molecule has 1 rings (SSSR count). The van der Waals surface area contributed by atoms with Gasteiger partial charge in [-0.25, -0.2) is 4.39 Å². The molecule has 0 bridgehead atoms. The van der Waals surface area contributed by atoms with E-state index in [0.29, 0.717) is 13.1 Å². The zero-order valence-corrected chi connectivity index (χ0v) is 9.32. The SMILES string of the molecule is CN(CCO)CCC(=O)c1ccccc1F. The van der Waals surface area contributed by atoms with Crippen molar-refractivity contribution < 1.29 is 14.3 Å². The first kappa shape index (κ1) is 12.8. The number of halogens is 1. The van der Waals surface area contributed by atoms with E-state index in [4.69, 9.17) is 5.11 Å². The molecule has 3 nitrogen and oxygen atoms in total. The second-order valence-corrected chi connectivity index (χ2v) is 3.68. The smallest absolute Gasteiger partial charge is 0.167 e. The van der Waals surface area contributed by atoms with E-state index in [1.54, 1.807) is 12.1 Å². The molecule has 0 aliphatic heterocycles. The molecule has 1 aromatic carbocycles. The molecule has 1 N–H and O–H groups in total. The maximum atomic E-state index is 13.2. The van der Waals surface area contributed by atoms with Gasteiger partial charge in [-0.15, -0.1) is 0 Å². The Morgan fingerprint density at radius 3 is 2.69 bits per heavy atom. The van der Waals surface area contributed by atoms with Crippen LogP contribution in [0.1, 0.15) is 16.8 Å². The van der Waals surface area contributed by atoms with Gasteiger partial charge < -0.3 is 10.0 Å². The van der Waals surface area contributed by atoms with Crippen LogP contribution < -0.4 is 0 Å². The number of hydrogen-bond donors (Lipinski definition) is 1. The molecule has 4 heteroatoms. The van der Waals surface area contributed by atoms with E-state index < -0.39 is 5.82 Å². The van der Waals surface area contributed by atoms with Crippen molar-refractivity contribution in [1.82, 2.24) is 4.90 Å². The van der Waals surface area contributed by atoms with Gasteiger partial charge in [-0.05, 0) is 19.2 Å². The lowest BCUT2D eigenvalue weighted by Gasteiger charge is -2.14. The van der Waals surface area contributed by atoms with E-state index in [0.717, 1.165) is 0 Å². The van der Waals surface area contributed by atoms with Gasteiger partial charge in [-0.2, -0.15) is 0 Å². The van der Waals surface area contributed by atoms with E-state index in [9.17, 15) is 9.18 Å². The predicted molar refractivity (Wildman–Crippen MR) is 59.9 cm³/mol. The number of likely N-dealkylation sites (N-methyl/N-ethyl adjacent to an activating group) is 1. The third-order valence-electron chi connectivity index (χ3n) is 2.38. The average Bonchev–Trinajstić information content (AvgIpc) is 2.27. The van der Waals surface area contributed by atoms with Gasteiger partial charge in [0.2, 0.25) is 0 Å². The highest BCUT2D eigenvalue weighted by atomic mass is 19.1. The molecule has 0 heterocycles. The summed E-state index contributed by atoms with van der Waals surface area (Å²) in [7, 11) is 1.81. The summed E-state index contributed by atoms with van der Waals surface area (Å²) in [4.78, 5) is 13.5. The Labute approximate surface area is 94.5 Å². The van der Waals surface area contributed by atoms with Crippen LogP contribution in [0.25, 0.3) is 0 Å². The Morgan fingerprint density at radius 2 is 2.06 bits per heavy atom. The molecule has 0 spiro atoms. The lowest BCUT2D eigenvalue weighted by molar-refractivity contribution is 0.0960. The first-order valence-corrected chi connectivity index (χ1v) is 5.22. The van der Waals surface area contributed by atoms with Crippen LogP contribution in [0.5, 0.6) is 0 Å². The number of Topliss-reactive ketones (excluding diaryl/α,β-unsaturated/α-hetero) is 1. The normalized spacial score (nSPS) is 10.8. The van der Waals surface area contributed by atoms with Crippen molar-refractivity contribution in [3.8, 4) is 0 Å². The number of hydrogen-bond acceptors (Lipinski definition) is 3. The summed E-state index contributed by atoms with van der Waals surface area (Å²) < 4.78 is 13.2. The molecule has 0 aromatic heterocycles. The van der Waals surface area contributed by atoms with Crippen LogP contribution in [0.15, 0.2) is 24.3 Å². The molecule has 0 radical (unpaired) electrons. The standard InChI is InChI=1S/C12H16FNO2/c1-14(8-9-15)7-6-12(16)10-4-2-3-5-11(10)13/h2-5,15H,6-9H2,1H3. The fourth-order valence-corrected chi connectivity index (χ4v) is 1.40. The van der Waals surface area contributed by atoms with Crippen molar-refractivity contribution in [2.24, 2.45) is 0 Å². The van der Waals surface area contributed by atoms with Gasteiger partial charge in [0.25, 0.3) is 0 Å². The summed E-state index contributed by atoms with van der Waals surface area (Å²) in [6.07, 6.45) is 0.261. The monoisotopic (exact) mass is 225 g/mol. The lowest BCUT2D eigenvalue weighted by Crippen LogP contribution is -2.25. The molecule has 0 amide bonds. The summed E-state index contributed by atoms with van der Waals surface area (Å²) in [5.41, 5.74) is 0.139. The number of aliphatic hydroxyl groups excluding tert-OH is 1. The third kappa shape index (κ3) is 3.72. The molecule has 0 saturated carbocycles. The third-order valence-corrected chi connectivity index (χ3v) is 2.38. The molecule has 0 unspecified atom stereocenters. The molecular formula is C12H16FNO2. The van der Waals surface area contributed by atoms with Gasteiger partial charge in [0.15, 0.2) is 5.78 Å². The van der Waals surface area contributed by atoms with Crippen molar-refractivity contribution in [2.75, 3.05) is 26.7 Å². The average molecular weight is 225 g/mol. The Bertz CT molecular complexity index is 355. The number of nitrogens with zero attached hydrogens (tertiary/aromatic N) is 1. The molecule has 1 aromatic rings. The number of ketones is 1. The number of benzene rings is 1. The highest BCUT2D eigenvalue weighted by Crippen LogP contribution is 2.09. The van der Waals surface area contributed by atoms with E-state index in [1.165, 1.54) is 12.1 Å². The molecule has 0 saturated heterocycles. The van der Waals surface area contributed by atoms with E-state index in [1.807, 2.05) is 11.9 Å². The van der Waals surface area contributed by atoms with Crippen molar-refractivity contribution in [2.45, 2.75) is 6.42 Å². The van der Waals surface area contributed by atoms with E-state index in [-0.39, 0.29) is 24.4 Å². The van der Waals surface area contributed by atoms with Gasteiger partial charge in [0.1, 0.15) is 5.82 Å². The fraction of sp³-hybridized carbons (Fsp3) is 0.417. The maximum Gasteiger partial charge on any atom is 0.167 e. The fourth-order valence-electron chi connectivity index (χ4n) is 1.40. The van der Waals surface area contributed by atoms with Gasteiger partial charge in [0.05, 0.1) is 12.2 Å². The molecule has 0 atom stereocenters. The molecule has 0 aliphatic rings. The number of carbonyl (C=O) groups is 1. The van der Waals surface area contributed by atoms with Gasteiger partial charge in [-0.1, -0.05) is 12.1 Å². The minimum absolute atomic E-state index is 0.0599. The van der Waals surface area contributed by atoms with Crippen LogP contribution in [0.4, 0.5) is 4.39 Å². The Balaban J connectivity index is 2.50. The largest absolute Gasteiger partial charge is 0.395 e. The zero-order valence-electron chi connectivity index (χ0n) is 9.32. The first-order valence-electron chi connectivity index (χ1n) is 5.22. The topological polar surface area (TPSA) is 40.5 Å². The number of aliphatic hydroxyl groups is 1. The molecule has 16 heavy (non-hydrogen) atoms. The first-order chi connectivity index (χ1) is 7.65. The minimum Gasteiger partial charge on any atom is -0.395 e. The Kier molecular flexibility index (Phi) is 5.08. The van der Waals surface area contributed by atoms with Crippen molar-refractivity contribution in [3.05, 3.63) is 35.6 Å². The summed E-state index contributed by atoms with van der Waals surface area (Å²) >= 11 is 0. The molecule has 0 fully saturated rings. The van der Waals surface area contributed by atoms with Gasteiger partial charge in [0, 0.05) is 19.5 Å². The van der Waals surface area contributed by atoms with Crippen molar-refractivity contribution in [1.29, 1.82) is 0 Å². The van der Waals surface area contributed by atoms with E-state index in [2.05, 4.69) is 0 Å². The van der Waals surface area contributed by atoms with Crippen molar-refractivity contribution in [3.63, 3.8) is 0 Å². The second kappa shape index (κ2) is 6.35. The second-order valence-electron chi connectivity index (χ2n) is 3.68. The quantitative estimate of drug-likeness (QED) is 0.742. The number of carbonyl (C=O) groups excluding carboxylic acids is 1. The molecule has 0 aliphatic carbocycles.